The van der Waals surface area contributed by atoms with E-state index in [0.29, 0.717) is 12.3 Å². The smallest absolute Gasteiger partial charge is 0.220 e. The van der Waals surface area contributed by atoms with Gasteiger partial charge in [0.2, 0.25) is 5.91 Å². The van der Waals surface area contributed by atoms with E-state index in [1.54, 1.807) is 0 Å². The average Bonchev–Trinajstić information content (AvgIpc) is 3.00. The number of carbonyl (C=O) groups excluding carboxylic acids is 1. The molecule has 0 spiro atoms. The Kier molecular flexibility index (Phi) is 5.05. The van der Waals surface area contributed by atoms with E-state index in [1.165, 1.54) is 12.8 Å². The summed E-state index contributed by atoms with van der Waals surface area (Å²) >= 11 is 0. The van der Waals surface area contributed by atoms with Crippen LogP contribution in [0.3, 0.4) is 0 Å². The Bertz CT molecular complexity index is 271. The van der Waals surface area contributed by atoms with Gasteiger partial charge in [-0.1, -0.05) is 12.2 Å². The second kappa shape index (κ2) is 6.80. The zero-order valence-corrected chi connectivity index (χ0v) is 10.5. The number of hydrogen-bond donors (Lipinski definition) is 1. The predicted molar refractivity (Wildman–Crippen MR) is 67.7 cm³/mol. The number of rotatable bonds is 8. The average molecular weight is 237 g/mol. The third-order valence-corrected chi connectivity index (χ3v) is 3.40. The molecule has 2 rings (SSSR count). The van der Waals surface area contributed by atoms with Gasteiger partial charge in [-0.25, -0.2) is 0 Å². The van der Waals surface area contributed by atoms with Crippen LogP contribution in [0.1, 0.15) is 38.5 Å². The molecule has 2 aliphatic carbocycles. The molecule has 1 N–H and O–H groups in total. The van der Waals surface area contributed by atoms with Crippen molar-refractivity contribution in [3.05, 3.63) is 12.2 Å². The Morgan fingerprint density at radius 2 is 2.24 bits per heavy atom. The molecule has 0 aromatic heterocycles. The molecule has 1 atom stereocenters. The summed E-state index contributed by atoms with van der Waals surface area (Å²) < 4.78 is 5.51. The van der Waals surface area contributed by atoms with Crippen LogP contribution >= 0.6 is 0 Å². The standard InChI is InChI=1S/C14H23NO2/c16-14(10-12-4-1-2-5-12)15-8-3-9-17-11-13-6-7-13/h1,4,12-13H,2-3,5-11H2,(H,15,16). The minimum absolute atomic E-state index is 0.184. The van der Waals surface area contributed by atoms with Crippen molar-refractivity contribution >= 4 is 5.91 Å². The van der Waals surface area contributed by atoms with E-state index < -0.39 is 0 Å². The Hall–Kier alpha value is -0.830. The maximum atomic E-state index is 11.6. The van der Waals surface area contributed by atoms with Gasteiger partial charge in [-0.05, 0) is 43.9 Å². The summed E-state index contributed by atoms with van der Waals surface area (Å²) in [5.74, 6) is 1.49. The number of carbonyl (C=O) groups is 1. The molecule has 0 heterocycles. The lowest BCUT2D eigenvalue weighted by atomic mass is 10.1. The van der Waals surface area contributed by atoms with Gasteiger partial charge in [-0.15, -0.1) is 0 Å². The highest BCUT2D eigenvalue weighted by atomic mass is 16.5. The van der Waals surface area contributed by atoms with Gasteiger partial charge >= 0.3 is 0 Å². The molecule has 1 saturated carbocycles. The second-order valence-corrected chi connectivity index (χ2v) is 5.19. The van der Waals surface area contributed by atoms with Gasteiger partial charge in [0.1, 0.15) is 0 Å². The van der Waals surface area contributed by atoms with Crippen LogP contribution in [0.25, 0.3) is 0 Å². The Balaban J connectivity index is 1.40. The predicted octanol–water partition coefficient (Wildman–Crippen LogP) is 2.28. The molecule has 1 fully saturated rings. The molecule has 0 saturated heterocycles. The van der Waals surface area contributed by atoms with Gasteiger partial charge in [0.05, 0.1) is 0 Å². The molecule has 1 unspecified atom stereocenters. The Labute approximate surface area is 104 Å². The maximum Gasteiger partial charge on any atom is 0.220 e. The molecule has 0 bridgehead atoms. The topological polar surface area (TPSA) is 38.3 Å². The highest BCUT2D eigenvalue weighted by Crippen LogP contribution is 2.28. The van der Waals surface area contributed by atoms with Crippen LogP contribution in [0.4, 0.5) is 0 Å². The number of hydrogen-bond acceptors (Lipinski definition) is 2. The van der Waals surface area contributed by atoms with Crippen molar-refractivity contribution in [2.75, 3.05) is 19.8 Å². The van der Waals surface area contributed by atoms with Crippen LogP contribution in [0, 0.1) is 11.8 Å². The zero-order valence-electron chi connectivity index (χ0n) is 10.5. The third kappa shape index (κ3) is 5.35. The van der Waals surface area contributed by atoms with Crippen molar-refractivity contribution in [2.45, 2.75) is 38.5 Å². The van der Waals surface area contributed by atoms with E-state index in [4.69, 9.17) is 4.74 Å². The number of amides is 1. The first kappa shape index (κ1) is 12.6. The summed E-state index contributed by atoms with van der Waals surface area (Å²) in [6.07, 6.45) is 10.9. The summed E-state index contributed by atoms with van der Waals surface area (Å²) in [6, 6.07) is 0. The lowest BCUT2D eigenvalue weighted by molar-refractivity contribution is -0.121. The van der Waals surface area contributed by atoms with E-state index in [1.807, 2.05) is 0 Å². The molecular weight excluding hydrogens is 214 g/mol. The molecule has 17 heavy (non-hydrogen) atoms. The fourth-order valence-corrected chi connectivity index (χ4v) is 2.11. The monoisotopic (exact) mass is 237 g/mol. The fraction of sp³-hybridized carbons (Fsp3) is 0.786. The van der Waals surface area contributed by atoms with Crippen molar-refractivity contribution < 1.29 is 9.53 Å². The number of allylic oxidation sites excluding steroid dienone is 2. The summed E-state index contributed by atoms with van der Waals surface area (Å²) in [5, 5.41) is 2.96. The zero-order chi connectivity index (χ0) is 11.9. The van der Waals surface area contributed by atoms with Crippen molar-refractivity contribution in [1.29, 1.82) is 0 Å². The van der Waals surface area contributed by atoms with Crippen LogP contribution in [0.2, 0.25) is 0 Å². The van der Waals surface area contributed by atoms with Crippen molar-refractivity contribution in [3.8, 4) is 0 Å². The van der Waals surface area contributed by atoms with Gasteiger partial charge in [-0.3, -0.25) is 4.79 Å². The SMILES string of the molecule is O=C(CC1C=CCC1)NCCCOCC1CC1. The van der Waals surface area contributed by atoms with E-state index >= 15 is 0 Å². The van der Waals surface area contributed by atoms with Crippen LogP contribution in [0.5, 0.6) is 0 Å². The fourth-order valence-electron chi connectivity index (χ4n) is 2.11. The summed E-state index contributed by atoms with van der Waals surface area (Å²) in [5.41, 5.74) is 0. The summed E-state index contributed by atoms with van der Waals surface area (Å²) in [7, 11) is 0. The molecule has 96 valence electrons. The number of ether oxygens (including phenoxy) is 1. The molecule has 0 aromatic carbocycles. The van der Waals surface area contributed by atoms with Gasteiger partial charge < -0.3 is 10.1 Å². The molecule has 0 aromatic rings. The third-order valence-electron chi connectivity index (χ3n) is 3.40. The highest BCUT2D eigenvalue weighted by Gasteiger charge is 2.20. The highest BCUT2D eigenvalue weighted by molar-refractivity contribution is 5.76. The van der Waals surface area contributed by atoms with Gasteiger partial charge in [0.15, 0.2) is 0 Å². The Morgan fingerprint density at radius 1 is 1.35 bits per heavy atom. The van der Waals surface area contributed by atoms with Crippen molar-refractivity contribution in [2.24, 2.45) is 11.8 Å². The summed E-state index contributed by atoms with van der Waals surface area (Å²) in [6.45, 7) is 2.45. The first-order valence-electron chi connectivity index (χ1n) is 6.85. The molecule has 0 aliphatic heterocycles. The van der Waals surface area contributed by atoms with Crippen molar-refractivity contribution in [1.82, 2.24) is 5.32 Å². The summed E-state index contributed by atoms with van der Waals surface area (Å²) in [4.78, 5) is 11.6. The first-order chi connectivity index (χ1) is 8.34. The van der Waals surface area contributed by atoms with E-state index in [-0.39, 0.29) is 5.91 Å². The van der Waals surface area contributed by atoms with E-state index in [2.05, 4.69) is 17.5 Å². The Morgan fingerprint density at radius 3 is 2.94 bits per heavy atom. The number of nitrogens with one attached hydrogen (secondary N) is 1. The molecular formula is C14H23NO2. The lowest BCUT2D eigenvalue weighted by Gasteiger charge is -2.08. The molecule has 3 nitrogen and oxygen atoms in total. The second-order valence-electron chi connectivity index (χ2n) is 5.19. The van der Waals surface area contributed by atoms with Crippen LogP contribution < -0.4 is 5.32 Å². The quantitative estimate of drug-likeness (QED) is 0.519. The van der Waals surface area contributed by atoms with E-state index in [9.17, 15) is 4.79 Å². The largest absolute Gasteiger partial charge is 0.381 e. The van der Waals surface area contributed by atoms with Crippen LogP contribution in [-0.2, 0) is 9.53 Å². The van der Waals surface area contributed by atoms with Gasteiger partial charge in [0.25, 0.3) is 0 Å². The maximum absolute atomic E-state index is 11.6. The molecule has 0 radical (unpaired) electrons. The van der Waals surface area contributed by atoms with Gasteiger partial charge in [-0.2, -0.15) is 0 Å². The molecule has 2 aliphatic rings. The van der Waals surface area contributed by atoms with E-state index in [0.717, 1.165) is 44.9 Å². The van der Waals surface area contributed by atoms with Crippen LogP contribution in [0.15, 0.2) is 12.2 Å². The minimum Gasteiger partial charge on any atom is -0.381 e. The van der Waals surface area contributed by atoms with Crippen LogP contribution in [-0.4, -0.2) is 25.7 Å². The van der Waals surface area contributed by atoms with Gasteiger partial charge in [0, 0.05) is 26.2 Å². The lowest BCUT2D eigenvalue weighted by Crippen LogP contribution is -2.26. The molecule has 3 heteroatoms. The minimum atomic E-state index is 0.184. The molecule has 1 amide bonds. The normalized spacial score (nSPS) is 22.9. The van der Waals surface area contributed by atoms with Crippen molar-refractivity contribution in [3.63, 3.8) is 0 Å². The first-order valence-corrected chi connectivity index (χ1v) is 6.85.